The molecule has 0 saturated carbocycles. The Bertz CT molecular complexity index is 3320. The van der Waals surface area contributed by atoms with Crippen molar-refractivity contribution >= 4 is 29.1 Å². The van der Waals surface area contributed by atoms with Gasteiger partial charge in [-0.2, -0.15) is 5.10 Å². The third-order valence-corrected chi connectivity index (χ3v) is 12.1. The van der Waals surface area contributed by atoms with E-state index >= 15 is 0 Å². The van der Waals surface area contributed by atoms with Crippen molar-refractivity contribution in [1.29, 1.82) is 0 Å². The first kappa shape index (κ1) is 46.4. The Morgan fingerprint density at radius 3 is 1.75 bits per heavy atom. The maximum Gasteiger partial charge on any atom is 0.331 e. The summed E-state index contributed by atoms with van der Waals surface area (Å²) in [6, 6.07) is 29.6. The van der Waals surface area contributed by atoms with Gasteiger partial charge in [0, 0.05) is 67.3 Å². The van der Waals surface area contributed by atoms with E-state index in [1.807, 2.05) is 83.9 Å². The number of benzene rings is 3. The standard InChI is InChI=1S/C49H49N21O2/c1-64-21-23-67(24-22-64)49-52-20-15-38(61-49)27-55-45(71)34-9-7-11-36(25-34)53-29-43-62-69(47(65(43)2)40-16-18-50-31-57-40)70-48(41-17-19-51-32-58-41)66(3)44(63-70)30-54-37-12-8-10-35(26-37)46(72)56-28-42-59-33-60-68(42)39-13-5-4-6-14-39/h4-20,25-26,31-33,53-54H,21-24,27-30H2,1-3H3/p+2. The normalized spacial score (nSPS) is 12.7. The summed E-state index contributed by atoms with van der Waals surface area (Å²) in [7, 11) is 5.90. The number of hydrogen-bond donors (Lipinski definition) is 4. The summed E-state index contributed by atoms with van der Waals surface area (Å²) in [4.78, 5) is 65.8. The van der Waals surface area contributed by atoms with Crippen molar-refractivity contribution in [1.82, 2.24) is 80.0 Å². The first-order valence-corrected chi connectivity index (χ1v) is 23.2. The molecule has 0 aliphatic carbocycles. The molecule has 1 aliphatic rings. The number of nitrogens with zero attached hydrogens (tertiary/aromatic N) is 17. The fourth-order valence-electron chi connectivity index (χ4n) is 8.18. The highest BCUT2D eigenvalue weighted by Crippen LogP contribution is 2.20. The molecule has 0 bridgehead atoms. The predicted molar refractivity (Wildman–Crippen MR) is 263 cm³/mol. The number of aromatic nitrogens is 15. The average Bonchev–Trinajstić information content (AvgIpc) is 4.14. The Morgan fingerprint density at radius 1 is 0.597 bits per heavy atom. The number of anilines is 3. The lowest BCUT2D eigenvalue weighted by atomic mass is 10.2. The minimum atomic E-state index is -0.264. The molecule has 10 rings (SSSR count). The summed E-state index contributed by atoms with van der Waals surface area (Å²) >= 11 is 0. The van der Waals surface area contributed by atoms with Gasteiger partial charge in [0.25, 0.3) is 11.8 Å². The lowest BCUT2D eigenvalue weighted by Gasteiger charge is -2.32. The molecule has 4 N–H and O–H groups in total. The lowest BCUT2D eigenvalue weighted by Crippen LogP contribution is -2.45. The minimum absolute atomic E-state index is 0.182. The number of rotatable bonds is 17. The fraction of sp³-hybridized carbons (Fsp3) is 0.224. The third-order valence-electron chi connectivity index (χ3n) is 12.1. The number of likely N-dealkylation sites (N-methyl/N-ethyl adjacent to an activating group) is 1. The number of piperazine rings is 1. The molecule has 72 heavy (non-hydrogen) atoms. The van der Waals surface area contributed by atoms with Crippen LogP contribution in [0, 0.1) is 0 Å². The van der Waals surface area contributed by atoms with E-state index in [9.17, 15) is 9.59 Å². The van der Waals surface area contributed by atoms with Crippen LogP contribution in [-0.2, 0) is 40.3 Å². The van der Waals surface area contributed by atoms with Crippen LogP contribution in [0.15, 0.2) is 135 Å². The zero-order valence-corrected chi connectivity index (χ0v) is 39.8. The Morgan fingerprint density at radius 2 is 1.18 bits per heavy atom. The van der Waals surface area contributed by atoms with Gasteiger partial charge < -0.3 is 31.1 Å². The molecular weight excluding hydrogens is 915 g/mol. The maximum absolute atomic E-state index is 13.5. The molecule has 0 unspecified atom stereocenters. The van der Waals surface area contributed by atoms with Crippen molar-refractivity contribution in [2.24, 2.45) is 14.1 Å². The van der Waals surface area contributed by atoms with Crippen molar-refractivity contribution < 1.29 is 18.7 Å². The van der Waals surface area contributed by atoms with E-state index in [4.69, 9.17) is 15.2 Å². The number of amides is 2. The Kier molecular flexibility index (Phi) is 13.6. The summed E-state index contributed by atoms with van der Waals surface area (Å²) in [6.07, 6.45) is 9.49. The van der Waals surface area contributed by atoms with Crippen molar-refractivity contribution in [3.05, 3.63) is 169 Å². The van der Waals surface area contributed by atoms with E-state index in [2.05, 4.69) is 73.1 Å². The van der Waals surface area contributed by atoms with Crippen LogP contribution in [0.25, 0.3) is 28.7 Å². The van der Waals surface area contributed by atoms with Gasteiger partial charge in [-0.05, 0) is 73.8 Å². The molecule has 23 heteroatoms. The molecule has 7 heterocycles. The summed E-state index contributed by atoms with van der Waals surface area (Å²) in [5.41, 5.74) is 5.13. The molecule has 1 fully saturated rings. The van der Waals surface area contributed by atoms with Crippen molar-refractivity contribution in [2.75, 3.05) is 48.8 Å². The first-order valence-electron chi connectivity index (χ1n) is 23.2. The lowest BCUT2D eigenvalue weighted by molar-refractivity contribution is -0.670. The highest BCUT2D eigenvalue weighted by molar-refractivity contribution is 5.95. The predicted octanol–water partition coefficient (Wildman–Crippen LogP) is 2.16. The van der Waals surface area contributed by atoms with Gasteiger partial charge in [-0.3, -0.25) is 9.59 Å². The molecule has 9 aromatic rings. The topological polar surface area (TPSA) is 240 Å². The fourth-order valence-corrected chi connectivity index (χ4v) is 8.18. The van der Waals surface area contributed by atoms with Gasteiger partial charge in [-0.25, -0.2) is 48.7 Å². The van der Waals surface area contributed by atoms with Gasteiger partial charge in [0.1, 0.15) is 43.5 Å². The van der Waals surface area contributed by atoms with Crippen molar-refractivity contribution in [2.45, 2.75) is 26.2 Å². The van der Waals surface area contributed by atoms with E-state index in [1.165, 1.54) is 19.0 Å². The molecule has 0 atom stereocenters. The second kappa shape index (κ2) is 21.1. The second-order valence-corrected chi connectivity index (χ2v) is 16.9. The molecule has 1 aliphatic heterocycles. The molecular formula is C49H51N21O2+2. The Hall–Kier alpha value is -9.38. The monoisotopic (exact) mass is 965 g/mol. The average molecular weight is 966 g/mol. The highest BCUT2D eigenvalue weighted by Gasteiger charge is 2.38. The minimum Gasteiger partial charge on any atom is -0.375 e. The van der Waals surface area contributed by atoms with Crippen LogP contribution in [-0.4, -0.2) is 114 Å². The zero-order chi connectivity index (χ0) is 49.4. The largest absolute Gasteiger partial charge is 0.375 e. The molecule has 23 nitrogen and oxygen atoms in total. The molecule has 3 aromatic carbocycles. The highest BCUT2D eigenvalue weighted by atomic mass is 16.2. The van der Waals surface area contributed by atoms with E-state index < -0.39 is 0 Å². The van der Waals surface area contributed by atoms with Gasteiger partial charge in [-0.15, -0.1) is 0 Å². The van der Waals surface area contributed by atoms with Crippen LogP contribution < -0.4 is 35.3 Å². The van der Waals surface area contributed by atoms with Crippen molar-refractivity contribution in [3.8, 4) is 28.7 Å². The second-order valence-electron chi connectivity index (χ2n) is 16.9. The molecule has 0 radical (unpaired) electrons. The van der Waals surface area contributed by atoms with Crippen molar-refractivity contribution in [3.63, 3.8) is 0 Å². The quantitative estimate of drug-likeness (QED) is 0.0957. The van der Waals surface area contributed by atoms with Crippen LogP contribution in [0.1, 0.15) is 43.9 Å². The van der Waals surface area contributed by atoms with Crippen LogP contribution in [0.3, 0.4) is 0 Å². The molecule has 6 aromatic heterocycles. The van der Waals surface area contributed by atoms with Gasteiger partial charge in [-0.1, -0.05) is 30.3 Å². The van der Waals surface area contributed by atoms with Crippen LogP contribution in [0.4, 0.5) is 17.3 Å². The van der Waals surface area contributed by atoms with E-state index in [-0.39, 0.29) is 38.0 Å². The Labute approximate surface area is 413 Å². The van der Waals surface area contributed by atoms with Crippen LogP contribution in [0.2, 0.25) is 0 Å². The number of para-hydroxylation sites is 1. The van der Waals surface area contributed by atoms with Crippen LogP contribution in [0.5, 0.6) is 0 Å². The molecule has 362 valence electrons. The first-order chi connectivity index (χ1) is 35.3. The summed E-state index contributed by atoms with van der Waals surface area (Å²) in [5, 5.41) is 27.4. The van der Waals surface area contributed by atoms with E-state index in [0.29, 0.717) is 63.3 Å². The SMILES string of the molecule is CN1CCN(c2nccc(CNC(=O)c3cccc(NCc4nn(-n5nc(CNc6cccc(C(=O)NCc7ncnn7-c7ccccc7)c6)[n+](C)c5-c5ccncn5)c(-c5ccncn5)[n+]4C)c3)n2)CC1. The number of nitrogens with one attached hydrogen (secondary N) is 4. The van der Waals surface area contributed by atoms with Gasteiger partial charge in [0.15, 0.2) is 5.82 Å². The number of hydrogen-bond acceptors (Lipinski definition) is 16. The van der Waals surface area contributed by atoms with E-state index in [0.717, 1.165) is 43.2 Å². The summed E-state index contributed by atoms with van der Waals surface area (Å²) in [5.74, 6) is 3.21. The smallest absolute Gasteiger partial charge is 0.331 e. The van der Waals surface area contributed by atoms with E-state index in [1.54, 1.807) is 69.3 Å². The Balaban J connectivity index is 0.866. The van der Waals surface area contributed by atoms with Crippen LogP contribution >= 0.6 is 0 Å². The molecule has 1 saturated heterocycles. The number of carbonyl (C=O) groups excluding carboxylic acids is 2. The zero-order valence-electron chi connectivity index (χ0n) is 39.8. The van der Waals surface area contributed by atoms with Gasteiger partial charge in [0.05, 0.1) is 58.3 Å². The molecule has 2 amide bonds. The number of carbonyl (C=O) groups is 2. The summed E-state index contributed by atoms with van der Waals surface area (Å²) < 4.78 is 5.54. The molecule has 0 spiro atoms. The summed E-state index contributed by atoms with van der Waals surface area (Å²) in [6.45, 7) is 4.56. The maximum atomic E-state index is 13.5. The third kappa shape index (κ3) is 10.3. The van der Waals surface area contributed by atoms with Gasteiger partial charge in [0.2, 0.25) is 5.95 Å². The van der Waals surface area contributed by atoms with Gasteiger partial charge >= 0.3 is 23.3 Å².